The van der Waals surface area contributed by atoms with Crippen LogP contribution in [0, 0.1) is 11.8 Å². The lowest BCUT2D eigenvalue weighted by atomic mass is 10.1. The number of esters is 2. The summed E-state index contributed by atoms with van der Waals surface area (Å²) in [4.78, 5) is 33.0. The van der Waals surface area contributed by atoms with Crippen LogP contribution in [0.25, 0.3) is 0 Å². The topological polar surface area (TPSA) is 69.7 Å². The average molecular weight is 332 g/mol. The van der Waals surface area contributed by atoms with Gasteiger partial charge < -0.3 is 9.47 Å². The molecule has 0 heterocycles. The van der Waals surface area contributed by atoms with Crippen molar-refractivity contribution in [3.63, 3.8) is 0 Å². The zero-order valence-corrected chi connectivity index (χ0v) is 14.8. The summed E-state index contributed by atoms with van der Waals surface area (Å²) in [5, 5.41) is 0. The summed E-state index contributed by atoms with van der Waals surface area (Å²) in [5.41, 5.74) is 2.32. The maximum atomic E-state index is 11.3. The Hall–Kier alpha value is -2.61. The second-order valence-electron chi connectivity index (χ2n) is 5.37. The third-order valence-electron chi connectivity index (χ3n) is 2.71. The standard InChI is InChI=1S/C19H24O5/c1-14(2)7-6-8-15(3)9-10-19(24-17(5)22)18(11-12-20)13-23-16(4)21/h7,9,11-12,19H,10,13H2,1-5H3/b15-9+,18-11+. The number of ether oxygens (including phenoxy) is 2. The van der Waals surface area contributed by atoms with Gasteiger partial charge in [-0.1, -0.05) is 23.5 Å². The lowest BCUT2D eigenvalue weighted by Crippen LogP contribution is -2.22. The highest BCUT2D eigenvalue weighted by atomic mass is 16.6. The largest absolute Gasteiger partial charge is 0.461 e. The molecule has 0 saturated carbocycles. The van der Waals surface area contributed by atoms with Crippen LogP contribution in [0.15, 0.2) is 34.9 Å². The molecule has 0 N–H and O–H groups in total. The van der Waals surface area contributed by atoms with E-state index in [1.54, 1.807) is 6.08 Å². The summed E-state index contributed by atoms with van der Waals surface area (Å²) in [6.07, 6.45) is 5.07. The van der Waals surface area contributed by atoms with Crippen LogP contribution in [0.1, 0.15) is 41.0 Å². The van der Waals surface area contributed by atoms with Gasteiger partial charge in [0.2, 0.25) is 0 Å². The first-order valence-corrected chi connectivity index (χ1v) is 7.52. The minimum atomic E-state index is -0.688. The molecule has 0 aromatic carbocycles. The van der Waals surface area contributed by atoms with Gasteiger partial charge in [0.15, 0.2) is 0 Å². The van der Waals surface area contributed by atoms with E-state index in [2.05, 4.69) is 11.8 Å². The molecule has 0 bridgehead atoms. The van der Waals surface area contributed by atoms with Crippen molar-refractivity contribution in [1.82, 2.24) is 0 Å². The molecule has 5 nitrogen and oxygen atoms in total. The fourth-order valence-corrected chi connectivity index (χ4v) is 1.63. The SMILES string of the molecule is CC(=O)OC/C(=C\C=O)C(C/C=C(\C)C#CC=C(C)C)OC(C)=O. The molecule has 1 unspecified atom stereocenters. The number of rotatable bonds is 7. The van der Waals surface area contributed by atoms with E-state index in [1.807, 2.05) is 26.8 Å². The van der Waals surface area contributed by atoms with Gasteiger partial charge in [0.1, 0.15) is 19.0 Å². The molecule has 0 aliphatic rings. The number of carbonyl (C=O) groups is 3. The van der Waals surface area contributed by atoms with Crippen molar-refractivity contribution in [2.24, 2.45) is 0 Å². The molecule has 0 aliphatic heterocycles. The van der Waals surface area contributed by atoms with E-state index < -0.39 is 18.0 Å². The van der Waals surface area contributed by atoms with Crippen LogP contribution in [0.4, 0.5) is 0 Å². The first-order valence-electron chi connectivity index (χ1n) is 7.52. The Kier molecular flexibility index (Phi) is 10.6. The van der Waals surface area contributed by atoms with E-state index in [-0.39, 0.29) is 6.61 Å². The first kappa shape index (κ1) is 21.4. The van der Waals surface area contributed by atoms with Crippen molar-refractivity contribution in [3.05, 3.63) is 34.9 Å². The molecule has 5 heteroatoms. The minimum Gasteiger partial charge on any atom is -0.461 e. The lowest BCUT2D eigenvalue weighted by molar-refractivity contribution is -0.145. The van der Waals surface area contributed by atoms with E-state index in [9.17, 15) is 14.4 Å². The summed E-state index contributed by atoms with van der Waals surface area (Å²) >= 11 is 0. The van der Waals surface area contributed by atoms with Crippen molar-refractivity contribution in [2.45, 2.75) is 47.1 Å². The minimum absolute atomic E-state index is 0.109. The summed E-state index contributed by atoms with van der Waals surface area (Å²) in [6.45, 7) is 8.19. The van der Waals surface area contributed by atoms with Crippen LogP contribution in [0.2, 0.25) is 0 Å². The molecule has 130 valence electrons. The molecule has 0 amide bonds. The van der Waals surface area contributed by atoms with E-state index in [0.717, 1.165) is 11.1 Å². The molecule has 0 aliphatic carbocycles. The molecule has 0 aromatic heterocycles. The third kappa shape index (κ3) is 11.0. The predicted molar refractivity (Wildman–Crippen MR) is 91.9 cm³/mol. The summed E-state index contributed by atoms with van der Waals surface area (Å²) in [7, 11) is 0. The number of hydrogen-bond donors (Lipinski definition) is 0. The molecule has 1 atom stereocenters. The number of hydrogen-bond acceptors (Lipinski definition) is 5. The maximum Gasteiger partial charge on any atom is 0.303 e. The Morgan fingerprint density at radius 3 is 2.25 bits per heavy atom. The number of allylic oxidation sites excluding steroid dienone is 4. The highest BCUT2D eigenvalue weighted by Crippen LogP contribution is 2.14. The maximum absolute atomic E-state index is 11.3. The molecule has 24 heavy (non-hydrogen) atoms. The Labute approximate surface area is 143 Å². The summed E-state index contributed by atoms with van der Waals surface area (Å²) < 4.78 is 10.1. The second kappa shape index (κ2) is 11.9. The summed E-state index contributed by atoms with van der Waals surface area (Å²) in [5.74, 6) is 4.92. The van der Waals surface area contributed by atoms with Gasteiger partial charge >= 0.3 is 11.9 Å². The van der Waals surface area contributed by atoms with Gasteiger partial charge in [-0.15, -0.1) is 0 Å². The van der Waals surface area contributed by atoms with E-state index in [0.29, 0.717) is 18.3 Å². The quantitative estimate of drug-likeness (QED) is 0.310. The van der Waals surface area contributed by atoms with Gasteiger partial charge in [-0.25, -0.2) is 0 Å². The molecule has 0 spiro atoms. The molecular formula is C19H24O5. The molecule has 0 radical (unpaired) electrons. The Morgan fingerprint density at radius 1 is 1.08 bits per heavy atom. The number of aldehydes is 1. The predicted octanol–water partition coefficient (Wildman–Crippen LogP) is 2.91. The van der Waals surface area contributed by atoms with Crippen LogP contribution >= 0.6 is 0 Å². The molecule has 0 rings (SSSR count). The van der Waals surface area contributed by atoms with E-state index in [1.165, 1.54) is 19.9 Å². The fourth-order valence-electron chi connectivity index (χ4n) is 1.63. The highest BCUT2D eigenvalue weighted by molar-refractivity contribution is 5.69. The zero-order chi connectivity index (χ0) is 18.5. The Morgan fingerprint density at radius 2 is 1.75 bits per heavy atom. The van der Waals surface area contributed by atoms with Crippen LogP contribution in [-0.2, 0) is 23.9 Å². The smallest absolute Gasteiger partial charge is 0.303 e. The van der Waals surface area contributed by atoms with Crippen molar-refractivity contribution >= 4 is 18.2 Å². The van der Waals surface area contributed by atoms with Crippen molar-refractivity contribution in [1.29, 1.82) is 0 Å². The van der Waals surface area contributed by atoms with Gasteiger partial charge in [0.25, 0.3) is 0 Å². The molecule has 0 fully saturated rings. The lowest BCUT2D eigenvalue weighted by Gasteiger charge is -2.18. The molecular weight excluding hydrogens is 308 g/mol. The average Bonchev–Trinajstić information content (AvgIpc) is 2.47. The van der Waals surface area contributed by atoms with E-state index >= 15 is 0 Å². The Bertz CT molecular complexity index is 607. The van der Waals surface area contributed by atoms with Gasteiger partial charge in [-0.3, -0.25) is 14.4 Å². The first-order chi connectivity index (χ1) is 11.3. The molecule has 0 saturated heterocycles. The zero-order valence-electron chi connectivity index (χ0n) is 14.8. The fraction of sp³-hybridized carbons (Fsp3) is 0.421. The van der Waals surface area contributed by atoms with Crippen LogP contribution < -0.4 is 0 Å². The van der Waals surface area contributed by atoms with Crippen LogP contribution in [-0.4, -0.2) is 30.9 Å². The van der Waals surface area contributed by atoms with Gasteiger partial charge in [-0.05, 0) is 38.5 Å². The van der Waals surface area contributed by atoms with Crippen molar-refractivity contribution in [3.8, 4) is 11.8 Å². The van der Waals surface area contributed by atoms with Crippen LogP contribution in [0.3, 0.4) is 0 Å². The monoisotopic (exact) mass is 332 g/mol. The van der Waals surface area contributed by atoms with E-state index in [4.69, 9.17) is 9.47 Å². The highest BCUT2D eigenvalue weighted by Gasteiger charge is 2.17. The van der Waals surface area contributed by atoms with Crippen LogP contribution in [0.5, 0.6) is 0 Å². The normalized spacial score (nSPS) is 12.4. The van der Waals surface area contributed by atoms with Crippen molar-refractivity contribution in [2.75, 3.05) is 6.61 Å². The third-order valence-corrected chi connectivity index (χ3v) is 2.71. The number of carbonyl (C=O) groups excluding carboxylic acids is 3. The Balaban J connectivity index is 5.21. The van der Waals surface area contributed by atoms with Gasteiger partial charge in [0, 0.05) is 25.8 Å². The van der Waals surface area contributed by atoms with Crippen molar-refractivity contribution < 1.29 is 23.9 Å². The summed E-state index contributed by atoms with van der Waals surface area (Å²) in [6, 6.07) is 0. The van der Waals surface area contributed by atoms with Gasteiger partial charge in [-0.2, -0.15) is 0 Å². The molecule has 0 aromatic rings. The van der Waals surface area contributed by atoms with Gasteiger partial charge in [0.05, 0.1) is 0 Å². The second-order valence-corrected chi connectivity index (χ2v) is 5.37.